The van der Waals surface area contributed by atoms with Crippen molar-refractivity contribution in [2.45, 2.75) is 53.1 Å². The van der Waals surface area contributed by atoms with Gasteiger partial charge in [-0.2, -0.15) is 0 Å². The van der Waals surface area contributed by atoms with E-state index in [1.165, 1.54) is 0 Å². The van der Waals surface area contributed by atoms with Gasteiger partial charge >= 0.3 is 6.09 Å². The zero-order valence-electron chi connectivity index (χ0n) is 23.1. The highest BCUT2D eigenvalue weighted by Gasteiger charge is 2.25. The molecule has 0 atom stereocenters. The predicted octanol–water partition coefficient (Wildman–Crippen LogP) is 6.39. The van der Waals surface area contributed by atoms with Crippen LogP contribution in [-0.4, -0.2) is 47.6 Å². The van der Waals surface area contributed by atoms with E-state index in [0.29, 0.717) is 55.4 Å². The molecule has 39 heavy (non-hydrogen) atoms. The maximum Gasteiger partial charge on any atom is 0.415 e. The number of pyridine rings is 1. The summed E-state index contributed by atoms with van der Waals surface area (Å²) >= 11 is 0. The van der Waals surface area contributed by atoms with Gasteiger partial charge in [0.15, 0.2) is 0 Å². The third-order valence-electron chi connectivity index (χ3n) is 6.42. The minimum Gasteiger partial charge on any atom is -0.490 e. The molecule has 1 aliphatic heterocycles. The number of ether oxygens (including phenoxy) is 3. The number of carbonyl (C=O) groups excluding carboxylic acids is 2. The molecule has 206 valence electrons. The fourth-order valence-electron chi connectivity index (χ4n) is 4.06. The lowest BCUT2D eigenvalue weighted by Crippen LogP contribution is -2.43. The number of aromatic nitrogens is 1. The quantitative estimate of drug-likeness (QED) is 0.362. The third-order valence-corrected chi connectivity index (χ3v) is 6.42. The molecule has 2 amide bonds. The number of amides is 2. The summed E-state index contributed by atoms with van der Waals surface area (Å²) in [5.74, 6) is 2.26. The van der Waals surface area contributed by atoms with E-state index in [1.54, 1.807) is 35.4 Å². The molecule has 0 radical (unpaired) electrons. The van der Waals surface area contributed by atoms with E-state index in [2.05, 4.69) is 31.1 Å². The first-order valence-electron chi connectivity index (χ1n) is 13.4. The number of hydrogen-bond donors (Lipinski definition) is 1. The Morgan fingerprint density at radius 1 is 0.923 bits per heavy atom. The Morgan fingerprint density at radius 2 is 1.56 bits per heavy atom. The second-order valence-corrected chi connectivity index (χ2v) is 11.0. The lowest BCUT2D eigenvalue weighted by Gasteiger charge is -2.31. The summed E-state index contributed by atoms with van der Waals surface area (Å²) in [6.45, 7) is 10.1. The van der Waals surface area contributed by atoms with Gasteiger partial charge in [-0.15, -0.1) is 0 Å². The molecule has 0 bridgehead atoms. The first-order valence-corrected chi connectivity index (χ1v) is 13.4. The van der Waals surface area contributed by atoms with Gasteiger partial charge in [0.25, 0.3) is 5.91 Å². The van der Waals surface area contributed by atoms with Crippen LogP contribution in [0.3, 0.4) is 0 Å². The average molecular weight is 532 g/mol. The molecule has 2 heterocycles. The Bertz CT molecular complexity index is 1230. The van der Waals surface area contributed by atoms with E-state index in [4.69, 9.17) is 14.2 Å². The van der Waals surface area contributed by atoms with Gasteiger partial charge in [0, 0.05) is 50.3 Å². The summed E-state index contributed by atoms with van der Waals surface area (Å²) in [5, 5.41) is 2.93. The van der Waals surface area contributed by atoms with E-state index < -0.39 is 6.09 Å². The van der Waals surface area contributed by atoms with E-state index in [-0.39, 0.29) is 17.4 Å². The fraction of sp³-hybridized carbons (Fsp3) is 0.387. The number of rotatable bonds is 8. The highest BCUT2D eigenvalue weighted by atomic mass is 16.6. The van der Waals surface area contributed by atoms with Gasteiger partial charge < -0.3 is 24.4 Å². The molecule has 1 aromatic heterocycles. The maximum absolute atomic E-state index is 12.7. The van der Waals surface area contributed by atoms with Gasteiger partial charge in [-0.05, 0) is 72.9 Å². The Balaban J connectivity index is 1.19. The normalized spacial score (nSPS) is 14.0. The maximum atomic E-state index is 12.7. The number of piperidine rings is 1. The Kier molecular flexibility index (Phi) is 9.07. The summed E-state index contributed by atoms with van der Waals surface area (Å²) in [6, 6.07) is 17.9. The number of aryl methyl sites for hydroxylation is 1. The van der Waals surface area contributed by atoms with Gasteiger partial charge in [-0.1, -0.05) is 26.8 Å². The van der Waals surface area contributed by atoms with Crippen molar-refractivity contribution in [1.29, 1.82) is 0 Å². The topological polar surface area (TPSA) is 90.0 Å². The van der Waals surface area contributed by atoms with Crippen LogP contribution in [0.15, 0.2) is 66.9 Å². The van der Waals surface area contributed by atoms with Crippen LogP contribution in [0.2, 0.25) is 0 Å². The molecule has 8 heteroatoms. The van der Waals surface area contributed by atoms with E-state index in [9.17, 15) is 9.59 Å². The Morgan fingerprint density at radius 3 is 2.18 bits per heavy atom. The number of carbonyl (C=O) groups is 2. The molecule has 3 aromatic rings. The van der Waals surface area contributed by atoms with Crippen LogP contribution >= 0.6 is 0 Å². The zero-order valence-corrected chi connectivity index (χ0v) is 23.1. The standard InChI is InChI=1S/C31H37N3O5/c1-22-5-14-28(33-21-22)38-25-12-10-24(11-13-25)37-27-15-19-34(20-16-27)30(36)39-26-8-6-23(7-9-26)29(35)32-18-17-31(2,3)4/h5-14,21,27H,15-20H2,1-4H3,(H,32,35). The highest BCUT2D eigenvalue weighted by Crippen LogP contribution is 2.25. The summed E-state index contributed by atoms with van der Waals surface area (Å²) in [4.78, 5) is 30.9. The molecule has 1 saturated heterocycles. The fourth-order valence-corrected chi connectivity index (χ4v) is 4.06. The van der Waals surface area contributed by atoms with Crippen LogP contribution in [0.5, 0.6) is 23.1 Å². The molecule has 1 fully saturated rings. The first kappa shape index (κ1) is 28.0. The van der Waals surface area contributed by atoms with Gasteiger partial charge in [-0.25, -0.2) is 9.78 Å². The van der Waals surface area contributed by atoms with Crippen molar-refractivity contribution in [2.24, 2.45) is 5.41 Å². The van der Waals surface area contributed by atoms with E-state index >= 15 is 0 Å². The van der Waals surface area contributed by atoms with Crippen LogP contribution < -0.4 is 19.5 Å². The lowest BCUT2D eigenvalue weighted by molar-refractivity contribution is 0.0929. The SMILES string of the molecule is Cc1ccc(Oc2ccc(OC3CCN(C(=O)Oc4ccc(C(=O)NCCC(C)(C)C)cc4)CC3)cc2)nc1. The smallest absolute Gasteiger partial charge is 0.415 e. The Hall–Kier alpha value is -4.07. The van der Waals surface area contributed by atoms with Crippen LogP contribution in [0.25, 0.3) is 0 Å². The lowest BCUT2D eigenvalue weighted by atomic mass is 9.92. The molecular formula is C31H37N3O5. The molecule has 0 aliphatic carbocycles. The molecule has 2 aromatic carbocycles. The minimum atomic E-state index is -0.401. The summed E-state index contributed by atoms with van der Waals surface area (Å²) in [5.41, 5.74) is 1.77. The molecule has 0 spiro atoms. The summed E-state index contributed by atoms with van der Waals surface area (Å²) < 4.78 is 17.4. The number of benzene rings is 2. The first-order chi connectivity index (χ1) is 18.6. The second-order valence-electron chi connectivity index (χ2n) is 11.0. The average Bonchev–Trinajstić information content (AvgIpc) is 2.91. The largest absolute Gasteiger partial charge is 0.490 e. The van der Waals surface area contributed by atoms with Gasteiger partial charge in [-0.3, -0.25) is 4.79 Å². The van der Waals surface area contributed by atoms with E-state index in [1.807, 2.05) is 43.3 Å². The van der Waals surface area contributed by atoms with Crippen molar-refractivity contribution in [1.82, 2.24) is 15.2 Å². The molecule has 8 nitrogen and oxygen atoms in total. The zero-order chi connectivity index (χ0) is 27.8. The van der Waals surface area contributed by atoms with Crippen LogP contribution in [0.4, 0.5) is 4.79 Å². The van der Waals surface area contributed by atoms with Crippen LogP contribution in [0.1, 0.15) is 56.0 Å². The number of nitrogens with one attached hydrogen (secondary N) is 1. The summed E-state index contributed by atoms with van der Waals surface area (Å²) in [6.07, 6.45) is 3.67. The molecule has 1 aliphatic rings. The third kappa shape index (κ3) is 8.74. The van der Waals surface area contributed by atoms with Crippen molar-refractivity contribution >= 4 is 12.0 Å². The van der Waals surface area contributed by atoms with Gasteiger partial charge in [0.05, 0.1) is 0 Å². The molecular weight excluding hydrogens is 494 g/mol. The summed E-state index contributed by atoms with van der Waals surface area (Å²) in [7, 11) is 0. The van der Waals surface area contributed by atoms with Crippen molar-refractivity contribution < 1.29 is 23.8 Å². The van der Waals surface area contributed by atoms with Crippen molar-refractivity contribution in [3.63, 3.8) is 0 Å². The highest BCUT2D eigenvalue weighted by molar-refractivity contribution is 5.94. The molecule has 0 saturated carbocycles. The van der Waals surface area contributed by atoms with Crippen molar-refractivity contribution in [3.05, 3.63) is 78.0 Å². The molecule has 0 unspecified atom stereocenters. The minimum absolute atomic E-state index is 0.00987. The van der Waals surface area contributed by atoms with E-state index in [0.717, 1.165) is 17.7 Å². The predicted molar refractivity (Wildman–Crippen MR) is 150 cm³/mol. The monoisotopic (exact) mass is 531 g/mol. The second kappa shape index (κ2) is 12.7. The Labute approximate surface area is 230 Å². The number of likely N-dealkylation sites (tertiary alicyclic amines) is 1. The van der Waals surface area contributed by atoms with Crippen LogP contribution in [-0.2, 0) is 0 Å². The molecule has 4 rings (SSSR count). The van der Waals surface area contributed by atoms with Gasteiger partial charge in [0.1, 0.15) is 23.4 Å². The van der Waals surface area contributed by atoms with Crippen LogP contribution in [0, 0.1) is 12.3 Å². The van der Waals surface area contributed by atoms with Crippen molar-refractivity contribution in [2.75, 3.05) is 19.6 Å². The number of hydrogen-bond acceptors (Lipinski definition) is 6. The molecule has 1 N–H and O–H groups in total. The van der Waals surface area contributed by atoms with Crippen molar-refractivity contribution in [3.8, 4) is 23.1 Å². The number of nitrogens with zero attached hydrogens (tertiary/aromatic N) is 2. The van der Waals surface area contributed by atoms with Gasteiger partial charge in [0.2, 0.25) is 5.88 Å².